The predicted octanol–water partition coefficient (Wildman–Crippen LogP) is 4.66. The summed E-state index contributed by atoms with van der Waals surface area (Å²) < 4.78 is 43.2. The van der Waals surface area contributed by atoms with Gasteiger partial charge >= 0.3 is 6.18 Å². The Hall–Kier alpha value is -2.88. The third-order valence-corrected chi connectivity index (χ3v) is 8.37. The quantitative estimate of drug-likeness (QED) is 0.604. The molecule has 2 amide bonds. The second-order valence-corrected chi connectivity index (χ2v) is 11.0. The van der Waals surface area contributed by atoms with E-state index in [9.17, 15) is 22.8 Å². The normalized spacial score (nSPS) is 22.0. The third-order valence-electron chi connectivity index (χ3n) is 8.37. The van der Waals surface area contributed by atoms with Crippen molar-refractivity contribution in [2.45, 2.75) is 82.1 Å². The lowest BCUT2D eigenvalue weighted by molar-refractivity contribution is -0.138. The molecule has 1 atom stereocenters. The minimum absolute atomic E-state index is 0.0948. The Balaban J connectivity index is 1.40. The first-order valence-corrected chi connectivity index (χ1v) is 13.1. The fourth-order valence-electron chi connectivity index (χ4n) is 5.95. The lowest BCUT2D eigenvalue weighted by Crippen LogP contribution is -2.55. The van der Waals surface area contributed by atoms with Crippen molar-refractivity contribution in [2.75, 3.05) is 19.6 Å². The van der Waals surface area contributed by atoms with Gasteiger partial charge in [-0.1, -0.05) is 18.2 Å². The number of nitrogens with zero attached hydrogens (tertiary/aromatic N) is 4. The van der Waals surface area contributed by atoms with Crippen LogP contribution in [0.4, 0.5) is 13.2 Å². The number of aromatic nitrogens is 2. The van der Waals surface area contributed by atoms with Gasteiger partial charge in [0, 0.05) is 25.6 Å². The van der Waals surface area contributed by atoms with Crippen molar-refractivity contribution in [2.24, 2.45) is 5.73 Å². The summed E-state index contributed by atoms with van der Waals surface area (Å²) in [7, 11) is 0. The molecule has 1 aromatic carbocycles. The van der Waals surface area contributed by atoms with Crippen LogP contribution >= 0.6 is 0 Å². The van der Waals surface area contributed by atoms with Gasteiger partial charge in [0.15, 0.2) is 0 Å². The number of hydrogen-bond acceptors (Lipinski definition) is 4. The number of rotatable bonds is 6. The summed E-state index contributed by atoms with van der Waals surface area (Å²) in [6.07, 6.45) is 1.79. The highest BCUT2D eigenvalue weighted by Crippen LogP contribution is 2.46. The Morgan fingerprint density at radius 2 is 1.68 bits per heavy atom. The largest absolute Gasteiger partial charge is 0.416 e. The van der Waals surface area contributed by atoms with Crippen molar-refractivity contribution in [1.29, 1.82) is 0 Å². The zero-order valence-corrected chi connectivity index (χ0v) is 21.3. The van der Waals surface area contributed by atoms with Crippen LogP contribution in [0.15, 0.2) is 30.5 Å². The lowest BCUT2D eigenvalue weighted by Gasteiger charge is -2.41. The van der Waals surface area contributed by atoms with Crippen molar-refractivity contribution < 1.29 is 22.8 Å². The molecule has 2 aromatic rings. The smallest absolute Gasteiger partial charge is 0.368 e. The van der Waals surface area contributed by atoms with E-state index in [1.807, 2.05) is 18.5 Å². The minimum Gasteiger partial charge on any atom is -0.368 e. The van der Waals surface area contributed by atoms with Gasteiger partial charge in [-0.05, 0) is 64.0 Å². The van der Waals surface area contributed by atoms with Crippen molar-refractivity contribution in [3.05, 3.63) is 52.8 Å². The van der Waals surface area contributed by atoms with E-state index >= 15 is 0 Å². The van der Waals surface area contributed by atoms with Crippen molar-refractivity contribution in [3.8, 4) is 0 Å². The predicted molar refractivity (Wildman–Crippen MR) is 132 cm³/mol. The fraction of sp³-hybridized carbons (Fsp3) is 0.593. The Morgan fingerprint density at radius 3 is 2.30 bits per heavy atom. The number of carbonyl (C=O) groups is 2. The number of halogens is 3. The van der Waals surface area contributed by atoms with Gasteiger partial charge in [0.25, 0.3) is 5.91 Å². The van der Waals surface area contributed by atoms with Crippen molar-refractivity contribution in [1.82, 2.24) is 19.6 Å². The zero-order valence-electron chi connectivity index (χ0n) is 21.3. The number of piperidine rings is 1. The van der Waals surface area contributed by atoms with Crippen LogP contribution in [0.1, 0.15) is 97.6 Å². The molecule has 2 N–H and O–H groups in total. The molecule has 5 rings (SSSR count). The first kappa shape index (κ1) is 25.8. The highest BCUT2D eigenvalue weighted by Gasteiger charge is 2.42. The molecule has 10 heteroatoms. The standard InChI is InChI=1S/C27H34F3N5O2/c1-26(2,25(31)37)33-14-11-18(12-15-33)35-23(17-9-10-17)20(16-32-35)24(36)34-13-5-8-22(34)19-6-3-4-7-21(19)27(28,29)30/h3-4,6-7,16-18,22H,5,8-15H2,1-2H3,(H2,31,37). The number of amides is 2. The van der Waals surface area contributed by atoms with Gasteiger partial charge in [0.1, 0.15) is 0 Å². The van der Waals surface area contributed by atoms with Gasteiger partial charge in [-0.25, -0.2) is 0 Å². The first-order chi connectivity index (χ1) is 17.5. The SMILES string of the molecule is CC(C)(C(N)=O)N1CCC(n2ncc(C(=O)N3CCCC3c3ccccc3C(F)(F)F)c2C2CC2)CC1. The van der Waals surface area contributed by atoms with Gasteiger partial charge in [-0.15, -0.1) is 0 Å². The topological polar surface area (TPSA) is 84.5 Å². The summed E-state index contributed by atoms with van der Waals surface area (Å²) in [5.41, 5.74) is 5.77. The number of primary amides is 1. The molecule has 1 aromatic heterocycles. The average molecular weight is 518 g/mol. The molecule has 2 aliphatic heterocycles. The van der Waals surface area contributed by atoms with Gasteiger partial charge < -0.3 is 10.6 Å². The Labute approximate surface area is 214 Å². The summed E-state index contributed by atoms with van der Waals surface area (Å²) in [6, 6.07) is 5.06. The van der Waals surface area contributed by atoms with E-state index in [-0.39, 0.29) is 29.3 Å². The number of nitrogens with two attached hydrogens (primary N) is 1. The fourth-order valence-corrected chi connectivity index (χ4v) is 5.95. The van der Waals surface area contributed by atoms with Gasteiger partial charge in [-0.3, -0.25) is 19.2 Å². The molecule has 1 saturated carbocycles. The molecule has 200 valence electrons. The number of likely N-dealkylation sites (tertiary alicyclic amines) is 2. The molecule has 3 fully saturated rings. The van der Waals surface area contributed by atoms with Crippen molar-refractivity contribution >= 4 is 11.8 Å². The van der Waals surface area contributed by atoms with Crippen LogP contribution < -0.4 is 5.73 Å². The highest BCUT2D eigenvalue weighted by atomic mass is 19.4. The molecule has 7 nitrogen and oxygen atoms in total. The molecule has 3 aliphatic rings. The van der Waals surface area contributed by atoms with Crippen LogP contribution in [0.3, 0.4) is 0 Å². The maximum atomic E-state index is 13.8. The van der Waals surface area contributed by atoms with Crippen LogP contribution in [0.25, 0.3) is 0 Å². The van der Waals surface area contributed by atoms with Gasteiger partial charge in [-0.2, -0.15) is 18.3 Å². The summed E-state index contributed by atoms with van der Waals surface area (Å²) in [6.45, 7) is 5.47. The van der Waals surface area contributed by atoms with E-state index in [1.165, 1.54) is 12.1 Å². The van der Waals surface area contributed by atoms with Crippen LogP contribution in [0, 0.1) is 0 Å². The van der Waals surface area contributed by atoms with Gasteiger partial charge in [0.2, 0.25) is 5.91 Å². The number of benzene rings is 1. The molecule has 0 bridgehead atoms. The summed E-state index contributed by atoms with van der Waals surface area (Å²) in [5, 5.41) is 4.65. The second-order valence-electron chi connectivity index (χ2n) is 11.0. The van der Waals surface area contributed by atoms with E-state index in [0.717, 1.165) is 37.4 Å². The van der Waals surface area contributed by atoms with E-state index in [1.54, 1.807) is 17.2 Å². The van der Waals surface area contributed by atoms with Crippen LogP contribution in [-0.2, 0) is 11.0 Å². The molecule has 0 spiro atoms. The summed E-state index contributed by atoms with van der Waals surface area (Å²) in [4.78, 5) is 29.4. The minimum atomic E-state index is -4.48. The van der Waals surface area contributed by atoms with Crippen LogP contribution in [-0.4, -0.2) is 56.6 Å². The first-order valence-electron chi connectivity index (χ1n) is 13.1. The van der Waals surface area contributed by atoms with E-state index < -0.39 is 23.3 Å². The second kappa shape index (κ2) is 9.45. The molecule has 37 heavy (non-hydrogen) atoms. The molecular weight excluding hydrogens is 483 g/mol. The molecule has 0 radical (unpaired) electrons. The van der Waals surface area contributed by atoms with Crippen LogP contribution in [0.5, 0.6) is 0 Å². The maximum absolute atomic E-state index is 13.8. The molecule has 2 saturated heterocycles. The monoisotopic (exact) mass is 517 g/mol. The number of hydrogen-bond donors (Lipinski definition) is 1. The van der Waals surface area contributed by atoms with E-state index in [0.29, 0.717) is 38.0 Å². The lowest BCUT2D eigenvalue weighted by atomic mass is 9.95. The highest BCUT2D eigenvalue weighted by molar-refractivity contribution is 5.96. The average Bonchev–Trinajstić information content (AvgIpc) is 3.41. The van der Waals surface area contributed by atoms with Gasteiger partial charge in [0.05, 0.1) is 40.6 Å². The third kappa shape index (κ3) is 4.76. The molecule has 1 unspecified atom stereocenters. The molecular formula is C27H34F3N5O2. The Morgan fingerprint density at radius 1 is 1.00 bits per heavy atom. The van der Waals surface area contributed by atoms with Crippen molar-refractivity contribution in [3.63, 3.8) is 0 Å². The zero-order chi connectivity index (χ0) is 26.5. The Kier molecular flexibility index (Phi) is 6.58. The maximum Gasteiger partial charge on any atom is 0.416 e. The van der Waals surface area contributed by atoms with E-state index in [4.69, 9.17) is 5.73 Å². The number of alkyl halides is 3. The Bertz CT molecular complexity index is 1180. The molecule has 1 aliphatic carbocycles. The summed E-state index contributed by atoms with van der Waals surface area (Å²) in [5.74, 6) is -0.353. The molecule has 3 heterocycles. The summed E-state index contributed by atoms with van der Waals surface area (Å²) >= 11 is 0. The van der Waals surface area contributed by atoms with E-state index in [2.05, 4.69) is 10.00 Å². The van der Waals surface area contributed by atoms with Crippen LogP contribution in [0.2, 0.25) is 0 Å². The number of carbonyl (C=O) groups excluding carboxylic acids is 2.